The van der Waals surface area contributed by atoms with Crippen LogP contribution in [0.1, 0.15) is 6.42 Å². The Morgan fingerprint density at radius 2 is 1.50 bits per heavy atom. The number of imidazole rings is 1. The lowest BCUT2D eigenvalue weighted by Gasteiger charge is -2.31. The van der Waals surface area contributed by atoms with Crippen LogP contribution in [0.3, 0.4) is 0 Å². The maximum absolute atomic E-state index is 11.9. The van der Waals surface area contributed by atoms with Gasteiger partial charge in [0.15, 0.2) is 6.10 Å². The van der Waals surface area contributed by atoms with Crippen molar-refractivity contribution in [3.05, 3.63) is 18.7 Å². The third-order valence-electron chi connectivity index (χ3n) is 3.94. The fourth-order valence-corrected chi connectivity index (χ4v) is 2.47. The number of aromatic nitrogens is 2. The summed E-state index contributed by atoms with van der Waals surface area (Å²) in [6.45, 7) is 0. The van der Waals surface area contributed by atoms with Crippen molar-refractivity contribution in [2.24, 2.45) is 0 Å². The highest BCUT2D eigenvalue weighted by atomic mass is 16.6. The fourth-order valence-electron chi connectivity index (χ4n) is 2.47. The van der Waals surface area contributed by atoms with Crippen molar-refractivity contribution in [1.29, 1.82) is 0 Å². The molecule has 1 aliphatic rings. The SMILES string of the molecule is O=C(O[C@H]1C(O)CC(O)C(O)C(O)C(O)C(O)C1O)n1ccnc1. The zero-order valence-electron chi connectivity index (χ0n) is 12.4. The second-order valence-electron chi connectivity index (χ2n) is 5.64. The van der Waals surface area contributed by atoms with Crippen LogP contribution in [0.4, 0.5) is 4.79 Å². The van der Waals surface area contributed by atoms with E-state index in [1.165, 1.54) is 12.4 Å². The number of hydrogen-bond donors (Lipinski definition) is 7. The van der Waals surface area contributed by atoms with Gasteiger partial charge in [-0.2, -0.15) is 0 Å². The predicted octanol–water partition coefficient (Wildman–Crippen LogP) is -3.83. The molecule has 0 radical (unpaired) electrons. The van der Waals surface area contributed by atoms with Gasteiger partial charge in [-0.05, 0) is 0 Å². The Morgan fingerprint density at radius 3 is 2.08 bits per heavy atom. The van der Waals surface area contributed by atoms with Crippen molar-refractivity contribution < 1.29 is 45.3 Å². The molecule has 11 nitrogen and oxygen atoms in total. The number of rotatable bonds is 1. The first kappa shape index (κ1) is 18.7. The van der Waals surface area contributed by atoms with Crippen LogP contribution in [-0.4, -0.2) is 100 Å². The molecule has 2 rings (SSSR count). The molecule has 0 aliphatic heterocycles. The molecule has 1 aliphatic carbocycles. The molecule has 0 saturated heterocycles. The molecule has 8 atom stereocenters. The van der Waals surface area contributed by atoms with Crippen molar-refractivity contribution >= 4 is 6.09 Å². The van der Waals surface area contributed by atoms with Crippen LogP contribution >= 0.6 is 0 Å². The molecule has 136 valence electrons. The Hall–Kier alpha value is -1.60. The minimum absolute atomic E-state index is 0.587. The Labute approximate surface area is 136 Å². The van der Waals surface area contributed by atoms with Gasteiger partial charge in [-0.3, -0.25) is 0 Å². The molecule has 7 unspecified atom stereocenters. The van der Waals surface area contributed by atoms with E-state index in [0.29, 0.717) is 0 Å². The van der Waals surface area contributed by atoms with Crippen molar-refractivity contribution in [3.8, 4) is 0 Å². The fraction of sp³-hybridized carbons (Fsp3) is 0.692. The van der Waals surface area contributed by atoms with Gasteiger partial charge in [-0.15, -0.1) is 0 Å². The number of hydrogen-bond acceptors (Lipinski definition) is 10. The average Bonchev–Trinajstić information content (AvgIpc) is 3.09. The standard InChI is InChI=1S/C13H20N2O9/c16-5-3-6(17)12(24-13(23)15-2-1-14-4-15)11(22)10(21)9(20)8(19)7(5)18/h1-2,4-12,16-22H,3H2/t5?,6?,7?,8?,9?,10?,11?,12-/m0/s1. The quantitative estimate of drug-likeness (QED) is 0.265. The topological polar surface area (TPSA) is 186 Å². The maximum atomic E-state index is 11.9. The van der Waals surface area contributed by atoms with Crippen LogP contribution < -0.4 is 0 Å². The molecular weight excluding hydrogens is 328 g/mol. The van der Waals surface area contributed by atoms with Crippen LogP contribution in [0.5, 0.6) is 0 Å². The zero-order valence-corrected chi connectivity index (χ0v) is 12.4. The Morgan fingerprint density at radius 1 is 0.917 bits per heavy atom. The Bertz CT molecular complexity index is 540. The van der Waals surface area contributed by atoms with Crippen LogP contribution in [0.2, 0.25) is 0 Å². The van der Waals surface area contributed by atoms with E-state index >= 15 is 0 Å². The molecule has 1 saturated carbocycles. The molecule has 0 aromatic carbocycles. The maximum Gasteiger partial charge on any atom is 0.419 e. The number of aliphatic hydroxyl groups excluding tert-OH is 7. The zero-order chi connectivity index (χ0) is 18.0. The van der Waals surface area contributed by atoms with Gasteiger partial charge in [0.1, 0.15) is 36.8 Å². The van der Waals surface area contributed by atoms with Gasteiger partial charge < -0.3 is 40.5 Å². The Balaban J connectivity index is 2.25. The van der Waals surface area contributed by atoms with Crippen LogP contribution in [0.15, 0.2) is 18.7 Å². The van der Waals surface area contributed by atoms with E-state index in [0.717, 1.165) is 10.9 Å². The number of carbonyl (C=O) groups is 1. The Kier molecular flexibility index (Phi) is 5.87. The largest absolute Gasteiger partial charge is 0.440 e. The molecular formula is C13H20N2O9. The van der Waals surface area contributed by atoms with E-state index in [9.17, 15) is 40.5 Å². The highest BCUT2D eigenvalue weighted by Crippen LogP contribution is 2.23. The van der Waals surface area contributed by atoms with Gasteiger partial charge in [0.2, 0.25) is 0 Å². The second kappa shape index (κ2) is 7.53. The van der Waals surface area contributed by atoms with Crippen molar-refractivity contribution in [1.82, 2.24) is 9.55 Å². The van der Waals surface area contributed by atoms with E-state index in [1.54, 1.807) is 0 Å². The van der Waals surface area contributed by atoms with Gasteiger partial charge in [0, 0.05) is 18.8 Å². The highest BCUT2D eigenvalue weighted by molar-refractivity contribution is 5.70. The minimum atomic E-state index is -2.06. The predicted molar refractivity (Wildman–Crippen MR) is 74.6 cm³/mol. The first-order valence-electron chi connectivity index (χ1n) is 7.19. The van der Waals surface area contributed by atoms with Crippen LogP contribution in [0, 0.1) is 0 Å². The summed E-state index contributed by atoms with van der Waals surface area (Å²) in [6, 6.07) is 0. The van der Waals surface area contributed by atoms with Crippen molar-refractivity contribution in [2.45, 2.75) is 55.3 Å². The number of aliphatic hydroxyl groups is 7. The van der Waals surface area contributed by atoms with E-state index in [1.807, 2.05) is 0 Å². The van der Waals surface area contributed by atoms with E-state index in [-0.39, 0.29) is 0 Å². The van der Waals surface area contributed by atoms with Gasteiger partial charge in [0.25, 0.3) is 0 Å². The van der Waals surface area contributed by atoms with E-state index < -0.39 is 61.3 Å². The molecule has 1 heterocycles. The summed E-state index contributed by atoms with van der Waals surface area (Å²) >= 11 is 0. The number of ether oxygens (including phenoxy) is 1. The van der Waals surface area contributed by atoms with Crippen LogP contribution in [0.25, 0.3) is 0 Å². The summed E-state index contributed by atoms with van der Waals surface area (Å²) in [6.07, 6.45) is -13.1. The molecule has 0 spiro atoms. The lowest BCUT2D eigenvalue weighted by atomic mass is 9.97. The number of nitrogens with zero attached hydrogens (tertiary/aromatic N) is 2. The van der Waals surface area contributed by atoms with Crippen molar-refractivity contribution in [3.63, 3.8) is 0 Å². The van der Waals surface area contributed by atoms with Gasteiger partial charge >= 0.3 is 6.09 Å². The summed E-state index contributed by atoms with van der Waals surface area (Å²) in [5.74, 6) is 0. The van der Waals surface area contributed by atoms with Gasteiger partial charge in [-0.1, -0.05) is 0 Å². The molecule has 0 amide bonds. The lowest BCUT2D eigenvalue weighted by molar-refractivity contribution is -0.162. The third kappa shape index (κ3) is 3.72. The molecule has 24 heavy (non-hydrogen) atoms. The summed E-state index contributed by atoms with van der Waals surface area (Å²) < 4.78 is 5.83. The van der Waals surface area contributed by atoms with Gasteiger partial charge in [-0.25, -0.2) is 14.3 Å². The molecule has 1 fully saturated rings. The summed E-state index contributed by atoms with van der Waals surface area (Å²) in [5, 5.41) is 69.1. The molecule has 1 aromatic heterocycles. The molecule has 0 bridgehead atoms. The third-order valence-corrected chi connectivity index (χ3v) is 3.94. The minimum Gasteiger partial charge on any atom is -0.440 e. The van der Waals surface area contributed by atoms with Crippen molar-refractivity contribution in [2.75, 3.05) is 0 Å². The molecule has 11 heteroatoms. The summed E-state index contributed by atoms with van der Waals surface area (Å²) in [5.41, 5.74) is 0. The number of carbonyl (C=O) groups excluding carboxylic acids is 1. The van der Waals surface area contributed by atoms with E-state index in [4.69, 9.17) is 4.74 Å². The van der Waals surface area contributed by atoms with Crippen LogP contribution in [-0.2, 0) is 4.74 Å². The monoisotopic (exact) mass is 348 g/mol. The molecule has 7 N–H and O–H groups in total. The first-order chi connectivity index (χ1) is 11.2. The second-order valence-corrected chi connectivity index (χ2v) is 5.64. The highest BCUT2D eigenvalue weighted by Gasteiger charge is 2.46. The average molecular weight is 348 g/mol. The van der Waals surface area contributed by atoms with Gasteiger partial charge in [0.05, 0.1) is 12.2 Å². The smallest absolute Gasteiger partial charge is 0.419 e. The first-order valence-corrected chi connectivity index (χ1v) is 7.19. The normalized spacial score (nSPS) is 41.1. The lowest BCUT2D eigenvalue weighted by Crippen LogP contribution is -2.54. The summed E-state index contributed by atoms with van der Waals surface area (Å²) in [7, 11) is 0. The molecule has 1 aromatic rings. The summed E-state index contributed by atoms with van der Waals surface area (Å²) in [4.78, 5) is 15.5. The van der Waals surface area contributed by atoms with E-state index in [2.05, 4.69) is 4.98 Å².